The molecule has 0 aromatic carbocycles. The van der Waals surface area contributed by atoms with Gasteiger partial charge in [0.2, 0.25) is 0 Å². The lowest BCUT2D eigenvalue weighted by atomic mass is 9.97. The van der Waals surface area contributed by atoms with E-state index in [0.29, 0.717) is 5.92 Å². The Balaban J connectivity index is 2.73. The van der Waals surface area contributed by atoms with Gasteiger partial charge in [0.15, 0.2) is 0 Å². The second kappa shape index (κ2) is 5.85. The quantitative estimate of drug-likeness (QED) is 0.834. The maximum atomic E-state index is 9.35. The van der Waals surface area contributed by atoms with E-state index in [9.17, 15) is 5.11 Å². The minimum Gasteiger partial charge on any atom is -0.489 e. The lowest BCUT2D eigenvalue weighted by Gasteiger charge is -2.15. The lowest BCUT2D eigenvalue weighted by Crippen LogP contribution is -2.08. The predicted molar refractivity (Wildman–Crippen MR) is 64.7 cm³/mol. The lowest BCUT2D eigenvalue weighted by molar-refractivity contribution is 0.176. The first kappa shape index (κ1) is 13.0. The van der Waals surface area contributed by atoms with Crippen LogP contribution in [0.3, 0.4) is 0 Å². The van der Waals surface area contributed by atoms with Crippen molar-refractivity contribution in [2.75, 3.05) is 0 Å². The Kier molecular flexibility index (Phi) is 4.74. The van der Waals surface area contributed by atoms with Crippen LogP contribution in [0.25, 0.3) is 0 Å². The zero-order valence-electron chi connectivity index (χ0n) is 10.5. The molecule has 16 heavy (non-hydrogen) atoms. The SMILES string of the molecule is CC(O)CC(C)c1cncc(OC(C)C)c1. The maximum Gasteiger partial charge on any atom is 0.138 e. The molecule has 0 amide bonds. The zero-order chi connectivity index (χ0) is 12.1. The Bertz CT molecular complexity index is 323. The Morgan fingerprint density at radius 3 is 2.50 bits per heavy atom. The van der Waals surface area contributed by atoms with E-state index in [-0.39, 0.29) is 12.2 Å². The molecule has 0 saturated heterocycles. The number of rotatable bonds is 5. The Morgan fingerprint density at radius 2 is 1.94 bits per heavy atom. The molecule has 0 aliphatic rings. The van der Waals surface area contributed by atoms with E-state index in [4.69, 9.17) is 4.74 Å². The van der Waals surface area contributed by atoms with Crippen LogP contribution in [0.15, 0.2) is 18.5 Å². The first-order valence-electron chi connectivity index (χ1n) is 5.78. The molecule has 0 bridgehead atoms. The first-order valence-corrected chi connectivity index (χ1v) is 5.78. The predicted octanol–water partition coefficient (Wildman–Crippen LogP) is 2.74. The van der Waals surface area contributed by atoms with Crippen LogP contribution < -0.4 is 4.74 Å². The van der Waals surface area contributed by atoms with E-state index < -0.39 is 0 Å². The summed E-state index contributed by atoms with van der Waals surface area (Å²) < 4.78 is 5.58. The fourth-order valence-corrected chi connectivity index (χ4v) is 1.69. The van der Waals surface area contributed by atoms with Crippen molar-refractivity contribution in [1.82, 2.24) is 4.98 Å². The van der Waals surface area contributed by atoms with Crippen LogP contribution in [0.5, 0.6) is 5.75 Å². The van der Waals surface area contributed by atoms with Crippen molar-refractivity contribution in [3.05, 3.63) is 24.0 Å². The van der Waals surface area contributed by atoms with Crippen LogP contribution >= 0.6 is 0 Å². The summed E-state index contributed by atoms with van der Waals surface area (Å²) in [6.07, 6.45) is 4.17. The highest BCUT2D eigenvalue weighted by Crippen LogP contribution is 2.23. The second-order valence-corrected chi connectivity index (χ2v) is 4.61. The Labute approximate surface area is 97.5 Å². The summed E-state index contributed by atoms with van der Waals surface area (Å²) in [5, 5.41) is 9.35. The Morgan fingerprint density at radius 1 is 1.25 bits per heavy atom. The minimum absolute atomic E-state index is 0.157. The minimum atomic E-state index is -0.287. The number of aromatic nitrogens is 1. The largest absolute Gasteiger partial charge is 0.489 e. The van der Waals surface area contributed by atoms with E-state index in [1.54, 1.807) is 13.1 Å². The molecule has 0 aliphatic heterocycles. The van der Waals surface area contributed by atoms with E-state index in [1.807, 2.05) is 26.1 Å². The monoisotopic (exact) mass is 223 g/mol. The standard InChI is InChI=1S/C13H21NO2/c1-9(2)16-13-6-12(7-14-8-13)10(3)5-11(4)15/h6-11,15H,5H2,1-4H3. The van der Waals surface area contributed by atoms with Gasteiger partial charge >= 0.3 is 0 Å². The van der Waals surface area contributed by atoms with Gasteiger partial charge in [0.1, 0.15) is 5.75 Å². The summed E-state index contributed by atoms with van der Waals surface area (Å²) in [6, 6.07) is 2.00. The maximum absolute atomic E-state index is 9.35. The summed E-state index contributed by atoms with van der Waals surface area (Å²) in [6.45, 7) is 7.87. The number of aliphatic hydroxyl groups is 1. The zero-order valence-corrected chi connectivity index (χ0v) is 10.5. The number of pyridine rings is 1. The van der Waals surface area contributed by atoms with Crippen molar-refractivity contribution in [3.63, 3.8) is 0 Å². The molecule has 0 aliphatic carbocycles. The van der Waals surface area contributed by atoms with Gasteiger partial charge in [-0.1, -0.05) is 6.92 Å². The van der Waals surface area contributed by atoms with E-state index in [1.165, 1.54) is 0 Å². The Hall–Kier alpha value is -1.09. The van der Waals surface area contributed by atoms with Gasteiger partial charge in [-0.15, -0.1) is 0 Å². The van der Waals surface area contributed by atoms with Crippen molar-refractivity contribution in [1.29, 1.82) is 0 Å². The molecule has 1 N–H and O–H groups in total. The van der Waals surface area contributed by atoms with E-state index in [0.717, 1.165) is 17.7 Å². The normalized spacial score (nSPS) is 14.9. The molecule has 1 rings (SSSR count). The molecule has 0 spiro atoms. The number of nitrogens with zero attached hydrogens (tertiary/aromatic N) is 1. The molecule has 2 unspecified atom stereocenters. The third kappa shape index (κ3) is 4.19. The van der Waals surface area contributed by atoms with Crippen LogP contribution in [0, 0.1) is 0 Å². The van der Waals surface area contributed by atoms with Gasteiger partial charge in [0.25, 0.3) is 0 Å². The van der Waals surface area contributed by atoms with Crippen molar-refractivity contribution in [2.24, 2.45) is 0 Å². The fraction of sp³-hybridized carbons (Fsp3) is 0.615. The van der Waals surface area contributed by atoms with Crippen molar-refractivity contribution in [2.45, 2.75) is 52.2 Å². The molecular weight excluding hydrogens is 202 g/mol. The molecule has 0 fully saturated rings. The molecule has 1 aromatic rings. The number of hydrogen-bond acceptors (Lipinski definition) is 3. The fourth-order valence-electron chi connectivity index (χ4n) is 1.69. The molecule has 0 saturated carbocycles. The molecule has 1 heterocycles. The first-order chi connectivity index (χ1) is 7.49. The molecule has 3 nitrogen and oxygen atoms in total. The van der Waals surface area contributed by atoms with Gasteiger partial charge in [-0.05, 0) is 44.7 Å². The van der Waals surface area contributed by atoms with Crippen LogP contribution in [0.1, 0.15) is 45.6 Å². The topological polar surface area (TPSA) is 42.4 Å². The molecule has 90 valence electrons. The molecule has 3 heteroatoms. The summed E-state index contributed by atoms with van der Waals surface area (Å²) >= 11 is 0. The average Bonchev–Trinajstić information content (AvgIpc) is 2.16. The highest BCUT2D eigenvalue weighted by Gasteiger charge is 2.10. The molecule has 1 aromatic heterocycles. The van der Waals surface area contributed by atoms with Gasteiger partial charge in [0, 0.05) is 6.20 Å². The van der Waals surface area contributed by atoms with Gasteiger partial charge in [-0.2, -0.15) is 0 Å². The number of ether oxygens (including phenoxy) is 1. The molecular formula is C13H21NO2. The number of hydrogen-bond donors (Lipinski definition) is 1. The smallest absolute Gasteiger partial charge is 0.138 e. The van der Waals surface area contributed by atoms with E-state index >= 15 is 0 Å². The van der Waals surface area contributed by atoms with E-state index in [2.05, 4.69) is 11.9 Å². The van der Waals surface area contributed by atoms with Crippen LogP contribution in [0.4, 0.5) is 0 Å². The van der Waals surface area contributed by atoms with Gasteiger partial charge in [-0.25, -0.2) is 0 Å². The van der Waals surface area contributed by atoms with Gasteiger partial charge < -0.3 is 9.84 Å². The molecule has 0 radical (unpaired) electrons. The second-order valence-electron chi connectivity index (χ2n) is 4.61. The average molecular weight is 223 g/mol. The third-order valence-corrected chi connectivity index (χ3v) is 2.37. The third-order valence-electron chi connectivity index (χ3n) is 2.37. The van der Waals surface area contributed by atoms with Crippen LogP contribution in [-0.4, -0.2) is 22.3 Å². The summed E-state index contributed by atoms with van der Waals surface area (Å²) in [7, 11) is 0. The van der Waals surface area contributed by atoms with Crippen LogP contribution in [0.2, 0.25) is 0 Å². The summed E-state index contributed by atoms with van der Waals surface area (Å²) in [5.74, 6) is 1.09. The van der Waals surface area contributed by atoms with Crippen molar-refractivity contribution < 1.29 is 9.84 Å². The molecule has 2 atom stereocenters. The van der Waals surface area contributed by atoms with Crippen molar-refractivity contribution >= 4 is 0 Å². The van der Waals surface area contributed by atoms with Gasteiger partial charge in [0.05, 0.1) is 18.4 Å². The summed E-state index contributed by atoms with van der Waals surface area (Å²) in [5.41, 5.74) is 1.11. The highest BCUT2D eigenvalue weighted by atomic mass is 16.5. The highest BCUT2D eigenvalue weighted by molar-refractivity contribution is 5.26. The van der Waals surface area contributed by atoms with Crippen LogP contribution in [-0.2, 0) is 0 Å². The summed E-state index contributed by atoms with van der Waals surface area (Å²) in [4.78, 5) is 4.16. The van der Waals surface area contributed by atoms with Crippen molar-refractivity contribution in [3.8, 4) is 5.75 Å². The number of aliphatic hydroxyl groups excluding tert-OH is 1. The van der Waals surface area contributed by atoms with Gasteiger partial charge in [-0.3, -0.25) is 4.98 Å².